The molecule has 2 atom stereocenters. The standard InChI is InChI=1S/4C8H14O2/c1-5-6(2)7(3)8(4)10-9;1-4-8(3,5-2)6-7(9)10;2*1-3-5-7(4-2)6-8(9)10/h6,9H,3-5H2,1-2H3;4H,1,5-6H2,2-3H3,(H,9,10);2*5H,3-4,6H2,1-2H3,(H,9,10)/b;;7-5+;7-5-. The first kappa shape index (κ1) is 43.9. The molecule has 232 valence electrons. The van der Waals surface area contributed by atoms with E-state index >= 15 is 0 Å². The predicted molar refractivity (Wildman–Crippen MR) is 164 cm³/mol. The van der Waals surface area contributed by atoms with Crippen molar-refractivity contribution < 1.29 is 39.8 Å². The fraction of sp³-hybridized carbons (Fsp3) is 0.594. The maximum Gasteiger partial charge on any atom is 0.307 e. The lowest BCUT2D eigenvalue weighted by molar-refractivity contribution is -0.199. The largest absolute Gasteiger partial charge is 0.481 e. The van der Waals surface area contributed by atoms with Crippen LogP contribution in [0.15, 0.2) is 60.4 Å². The first-order chi connectivity index (χ1) is 18.6. The van der Waals surface area contributed by atoms with Crippen LogP contribution in [0, 0.1) is 11.3 Å². The molecule has 0 fully saturated rings. The number of carboxylic acid groups (broad SMARTS) is 3. The summed E-state index contributed by atoms with van der Waals surface area (Å²) < 4.78 is 0. The molecule has 0 heterocycles. The van der Waals surface area contributed by atoms with E-state index in [0.717, 1.165) is 55.2 Å². The van der Waals surface area contributed by atoms with Gasteiger partial charge in [-0.3, -0.25) is 14.4 Å². The Labute approximate surface area is 242 Å². The zero-order chi connectivity index (χ0) is 32.3. The molecule has 40 heavy (non-hydrogen) atoms. The maximum absolute atomic E-state index is 10.3. The summed E-state index contributed by atoms with van der Waals surface area (Å²) in [7, 11) is 0. The predicted octanol–water partition coefficient (Wildman–Crippen LogP) is 9.07. The third-order valence-corrected chi connectivity index (χ3v) is 6.18. The van der Waals surface area contributed by atoms with Gasteiger partial charge in [-0.15, -0.1) is 6.58 Å². The van der Waals surface area contributed by atoms with Gasteiger partial charge in [-0.05, 0) is 55.4 Å². The Balaban J connectivity index is -0.000000216. The van der Waals surface area contributed by atoms with Gasteiger partial charge in [0, 0.05) is 0 Å². The van der Waals surface area contributed by atoms with E-state index in [9.17, 15) is 14.4 Å². The number of carboxylic acids is 3. The van der Waals surface area contributed by atoms with Gasteiger partial charge in [0.1, 0.15) is 0 Å². The van der Waals surface area contributed by atoms with Crippen molar-refractivity contribution in [2.24, 2.45) is 11.3 Å². The molecule has 0 aromatic rings. The van der Waals surface area contributed by atoms with Crippen molar-refractivity contribution in [2.45, 2.75) is 113 Å². The zero-order valence-electron chi connectivity index (χ0n) is 26.2. The van der Waals surface area contributed by atoms with Crippen molar-refractivity contribution in [3.63, 3.8) is 0 Å². The van der Waals surface area contributed by atoms with Crippen LogP contribution in [0.25, 0.3) is 0 Å². The molecular weight excluding hydrogens is 512 g/mol. The van der Waals surface area contributed by atoms with Crippen LogP contribution < -0.4 is 0 Å². The summed E-state index contributed by atoms with van der Waals surface area (Å²) in [6, 6.07) is 0. The number of carbonyl (C=O) groups is 3. The molecule has 0 saturated carbocycles. The van der Waals surface area contributed by atoms with E-state index in [-0.39, 0.29) is 30.4 Å². The quantitative estimate of drug-likeness (QED) is 0.0475. The van der Waals surface area contributed by atoms with Crippen LogP contribution in [0.3, 0.4) is 0 Å². The molecular formula is C32H56O8. The number of aliphatic carboxylic acids is 3. The second-order valence-corrected chi connectivity index (χ2v) is 9.52. The molecule has 4 N–H and O–H groups in total. The van der Waals surface area contributed by atoms with Gasteiger partial charge in [-0.25, -0.2) is 5.26 Å². The number of rotatable bonds is 16. The summed E-state index contributed by atoms with van der Waals surface area (Å²) in [6.45, 7) is 26.7. The van der Waals surface area contributed by atoms with Crippen molar-refractivity contribution >= 4 is 17.9 Å². The van der Waals surface area contributed by atoms with E-state index in [1.54, 1.807) is 6.08 Å². The summed E-state index contributed by atoms with van der Waals surface area (Å²) in [5.74, 6) is -1.65. The molecule has 0 rings (SSSR count). The van der Waals surface area contributed by atoms with E-state index < -0.39 is 17.9 Å². The average Bonchev–Trinajstić information content (AvgIpc) is 2.91. The topological polar surface area (TPSA) is 141 Å². The second kappa shape index (κ2) is 27.4. The normalized spacial score (nSPS) is 12.8. The molecule has 8 heteroatoms. The van der Waals surface area contributed by atoms with E-state index in [1.807, 2.05) is 67.5 Å². The van der Waals surface area contributed by atoms with Crippen molar-refractivity contribution in [1.29, 1.82) is 0 Å². The maximum atomic E-state index is 10.3. The van der Waals surface area contributed by atoms with Gasteiger partial charge in [0.25, 0.3) is 0 Å². The van der Waals surface area contributed by atoms with Crippen LogP contribution in [0.1, 0.15) is 113 Å². The van der Waals surface area contributed by atoms with Gasteiger partial charge >= 0.3 is 17.9 Å². The van der Waals surface area contributed by atoms with Crippen LogP contribution in [0.4, 0.5) is 0 Å². The molecule has 0 spiro atoms. The fourth-order valence-electron chi connectivity index (χ4n) is 2.92. The van der Waals surface area contributed by atoms with Crippen LogP contribution in [0.5, 0.6) is 0 Å². The second-order valence-electron chi connectivity index (χ2n) is 9.52. The molecule has 0 saturated heterocycles. The highest BCUT2D eigenvalue weighted by molar-refractivity contribution is 5.70. The Morgan fingerprint density at radius 2 is 1.23 bits per heavy atom. The highest BCUT2D eigenvalue weighted by Crippen LogP contribution is 2.26. The minimum atomic E-state index is -0.760. The fourth-order valence-corrected chi connectivity index (χ4v) is 2.92. The summed E-state index contributed by atoms with van der Waals surface area (Å²) >= 11 is 0. The minimum absolute atomic E-state index is 0.174. The van der Waals surface area contributed by atoms with Crippen molar-refractivity contribution in [1.82, 2.24) is 0 Å². The number of allylic oxidation sites excluding steroid dienone is 4. The van der Waals surface area contributed by atoms with Crippen LogP contribution >= 0.6 is 0 Å². The van der Waals surface area contributed by atoms with Crippen LogP contribution in [-0.2, 0) is 19.3 Å². The van der Waals surface area contributed by atoms with E-state index in [0.29, 0.717) is 5.92 Å². The number of hydrogen-bond donors (Lipinski definition) is 4. The van der Waals surface area contributed by atoms with Gasteiger partial charge in [-0.2, -0.15) is 0 Å². The Hall–Kier alpha value is -3.13. The SMILES string of the molecule is C=C(OO)C(=C)C(C)CC.C=CC(C)(CC)CC(=O)O.CC/C=C(/CC)CC(=O)O.CC/C=C(\CC)CC(=O)O. The van der Waals surface area contributed by atoms with Crippen molar-refractivity contribution in [3.05, 3.63) is 60.4 Å². The lowest BCUT2D eigenvalue weighted by Crippen LogP contribution is -2.16. The van der Waals surface area contributed by atoms with Crippen molar-refractivity contribution in [2.75, 3.05) is 0 Å². The first-order valence-corrected chi connectivity index (χ1v) is 13.9. The number of hydrogen-bond acceptors (Lipinski definition) is 5. The van der Waals surface area contributed by atoms with E-state index in [1.165, 1.54) is 0 Å². The van der Waals surface area contributed by atoms with Gasteiger partial charge in [0.2, 0.25) is 0 Å². The van der Waals surface area contributed by atoms with Crippen molar-refractivity contribution in [3.8, 4) is 0 Å². The Bertz CT molecular complexity index is 789. The Kier molecular flexibility index (Phi) is 30.1. The van der Waals surface area contributed by atoms with Gasteiger partial charge in [0.05, 0.1) is 19.3 Å². The molecule has 2 unspecified atom stereocenters. The zero-order valence-corrected chi connectivity index (χ0v) is 26.2. The molecule has 8 nitrogen and oxygen atoms in total. The molecule has 0 aliphatic heterocycles. The molecule has 0 bridgehead atoms. The summed E-state index contributed by atoms with van der Waals surface area (Å²) in [4.78, 5) is 34.6. The summed E-state index contributed by atoms with van der Waals surface area (Å²) in [5, 5.41) is 33.5. The monoisotopic (exact) mass is 568 g/mol. The average molecular weight is 569 g/mol. The lowest BCUT2D eigenvalue weighted by atomic mass is 9.84. The molecule has 0 aromatic heterocycles. The molecule has 0 aliphatic rings. The third kappa shape index (κ3) is 27.9. The Morgan fingerprint density at radius 1 is 0.825 bits per heavy atom. The molecule has 0 aromatic carbocycles. The highest BCUT2D eigenvalue weighted by atomic mass is 17.1. The van der Waals surface area contributed by atoms with Crippen LogP contribution in [0.2, 0.25) is 0 Å². The van der Waals surface area contributed by atoms with Gasteiger partial charge < -0.3 is 20.2 Å². The van der Waals surface area contributed by atoms with Gasteiger partial charge in [0.15, 0.2) is 5.76 Å². The lowest BCUT2D eigenvalue weighted by Gasteiger charge is -2.20. The highest BCUT2D eigenvalue weighted by Gasteiger charge is 2.20. The smallest absolute Gasteiger partial charge is 0.307 e. The first-order valence-electron chi connectivity index (χ1n) is 13.9. The van der Waals surface area contributed by atoms with E-state index in [4.69, 9.17) is 20.6 Å². The molecule has 0 radical (unpaired) electrons. The summed E-state index contributed by atoms with van der Waals surface area (Å²) in [6.07, 6.45) is 11.6. The molecule has 0 amide bonds. The van der Waals surface area contributed by atoms with E-state index in [2.05, 4.69) is 24.6 Å². The van der Waals surface area contributed by atoms with Gasteiger partial charge in [-0.1, -0.05) is 97.9 Å². The minimum Gasteiger partial charge on any atom is -0.481 e. The third-order valence-electron chi connectivity index (χ3n) is 6.18. The van der Waals surface area contributed by atoms with Crippen LogP contribution in [-0.4, -0.2) is 38.5 Å². The molecule has 0 aliphatic carbocycles. The Morgan fingerprint density at radius 3 is 1.40 bits per heavy atom. The summed E-state index contributed by atoms with van der Waals surface area (Å²) in [5.41, 5.74) is 2.57.